The Bertz CT molecular complexity index is 570. The minimum atomic E-state index is -0.203. The molecule has 24 heavy (non-hydrogen) atoms. The molecule has 132 valence electrons. The van der Waals surface area contributed by atoms with Crippen LogP contribution in [0, 0.1) is 12.8 Å². The average Bonchev–Trinajstić information content (AvgIpc) is 3.20. The Kier molecular flexibility index (Phi) is 5.56. The summed E-state index contributed by atoms with van der Waals surface area (Å²) >= 11 is 0. The average molecular weight is 333 g/mol. The summed E-state index contributed by atoms with van der Waals surface area (Å²) in [5.74, 6) is 0.921. The third-order valence-electron chi connectivity index (χ3n) is 5.19. The molecule has 0 spiro atoms. The Labute approximate surface area is 142 Å². The summed E-state index contributed by atoms with van der Waals surface area (Å²) in [6.45, 7) is 2.93. The predicted octanol–water partition coefficient (Wildman–Crippen LogP) is 1.74. The second kappa shape index (κ2) is 7.83. The number of carbonyl (C=O) groups is 2. The molecule has 2 aliphatic rings. The molecule has 1 aliphatic carbocycles. The van der Waals surface area contributed by atoms with Gasteiger partial charge in [-0.25, -0.2) is 0 Å². The van der Waals surface area contributed by atoms with Gasteiger partial charge in [0.15, 0.2) is 5.76 Å². The van der Waals surface area contributed by atoms with Gasteiger partial charge in [0, 0.05) is 24.7 Å². The van der Waals surface area contributed by atoms with E-state index in [1.54, 1.807) is 6.07 Å². The Balaban J connectivity index is 1.31. The first-order valence-corrected chi connectivity index (χ1v) is 9.01. The van der Waals surface area contributed by atoms with Crippen molar-refractivity contribution in [3.63, 3.8) is 0 Å². The van der Waals surface area contributed by atoms with E-state index in [-0.39, 0.29) is 17.9 Å². The van der Waals surface area contributed by atoms with Gasteiger partial charge in [-0.15, -0.1) is 0 Å². The number of hydrogen-bond donors (Lipinski definition) is 3. The predicted molar refractivity (Wildman–Crippen MR) is 90.7 cm³/mol. The van der Waals surface area contributed by atoms with Crippen LogP contribution in [0.1, 0.15) is 54.6 Å². The highest BCUT2D eigenvalue weighted by Crippen LogP contribution is 2.33. The molecular formula is C18H27N3O3. The Morgan fingerprint density at radius 1 is 1.25 bits per heavy atom. The first-order valence-electron chi connectivity index (χ1n) is 9.01. The van der Waals surface area contributed by atoms with Crippen LogP contribution in [-0.4, -0.2) is 37.0 Å². The van der Waals surface area contributed by atoms with E-state index in [9.17, 15) is 9.59 Å². The van der Waals surface area contributed by atoms with Crippen molar-refractivity contribution >= 4 is 11.8 Å². The fourth-order valence-electron chi connectivity index (χ4n) is 3.83. The van der Waals surface area contributed by atoms with Crippen molar-refractivity contribution in [3.8, 4) is 0 Å². The molecule has 2 heterocycles. The summed E-state index contributed by atoms with van der Waals surface area (Å²) in [6.07, 6.45) is 8.20. The van der Waals surface area contributed by atoms with E-state index in [0.717, 1.165) is 12.0 Å². The van der Waals surface area contributed by atoms with Crippen molar-refractivity contribution < 1.29 is 14.0 Å². The monoisotopic (exact) mass is 333 g/mol. The first-order chi connectivity index (χ1) is 11.6. The van der Waals surface area contributed by atoms with Crippen molar-refractivity contribution in [1.82, 2.24) is 16.0 Å². The summed E-state index contributed by atoms with van der Waals surface area (Å²) in [7, 11) is 0. The molecule has 0 aromatic carbocycles. The van der Waals surface area contributed by atoms with Crippen LogP contribution in [-0.2, 0) is 4.79 Å². The van der Waals surface area contributed by atoms with Gasteiger partial charge in [0.05, 0.1) is 12.3 Å². The molecule has 2 fully saturated rings. The van der Waals surface area contributed by atoms with Crippen LogP contribution >= 0.6 is 0 Å². The molecule has 3 unspecified atom stereocenters. The molecule has 6 nitrogen and oxygen atoms in total. The van der Waals surface area contributed by atoms with Gasteiger partial charge in [-0.3, -0.25) is 9.59 Å². The van der Waals surface area contributed by atoms with E-state index < -0.39 is 0 Å². The fraction of sp³-hybridized carbons (Fsp3) is 0.667. The van der Waals surface area contributed by atoms with E-state index in [2.05, 4.69) is 16.0 Å². The normalized spacial score (nSPS) is 26.0. The van der Waals surface area contributed by atoms with Gasteiger partial charge in [-0.1, -0.05) is 12.8 Å². The quantitative estimate of drug-likeness (QED) is 0.693. The molecule has 1 saturated heterocycles. The van der Waals surface area contributed by atoms with Crippen LogP contribution in [0.15, 0.2) is 16.7 Å². The smallest absolute Gasteiger partial charge is 0.287 e. The number of hydrogen-bond acceptors (Lipinski definition) is 4. The maximum absolute atomic E-state index is 12.2. The van der Waals surface area contributed by atoms with Gasteiger partial charge in [0.1, 0.15) is 0 Å². The lowest BCUT2D eigenvalue weighted by Crippen LogP contribution is -2.43. The topological polar surface area (TPSA) is 83.4 Å². The van der Waals surface area contributed by atoms with Crippen molar-refractivity contribution in [1.29, 1.82) is 0 Å². The molecule has 3 rings (SSSR count). The number of aryl methyl sites for hydroxylation is 1. The third kappa shape index (κ3) is 3.98. The van der Waals surface area contributed by atoms with Crippen LogP contribution in [0.2, 0.25) is 0 Å². The molecule has 0 radical (unpaired) electrons. The van der Waals surface area contributed by atoms with Gasteiger partial charge in [-0.2, -0.15) is 0 Å². The zero-order chi connectivity index (χ0) is 16.9. The largest absolute Gasteiger partial charge is 0.459 e. The molecule has 3 atom stereocenters. The molecule has 1 saturated carbocycles. The van der Waals surface area contributed by atoms with Gasteiger partial charge in [0.2, 0.25) is 5.91 Å². The number of fused-ring (bicyclic) bond motifs is 1. The van der Waals surface area contributed by atoms with E-state index in [1.807, 2.05) is 6.92 Å². The summed E-state index contributed by atoms with van der Waals surface area (Å²) < 4.78 is 5.15. The van der Waals surface area contributed by atoms with Gasteiger partial charge in [0.25, 0.3) is 5.91 Å². The lowest BCUT2D eigenvalue weighted by Gasteiger charge is -2.24. The lowest BCUT2D eigenvalue weighted by atomic mass is 9.85. The molecule has 2 amide bonds. The van der Waals surface area contributed by atoms with E-state index in [1.165, 1.54) is 31.9 Å². The number of rotatable bonds is 6. The van der Waals surface area contributed by atoms with Gasteiger partial charge >= 0.3 is 0 Å². The van der Waals surface area contributed by atoms with Crippen molar-refractivity contribution in [2.24, 2.45) is 5.92 Å². The summed E-state index contributed by atoms with van der Waals surface area (Å²) in [5.41, 5.74) is 0.828. The zero-order valence-corrected chi connectivity index (χ0v) is 14.3. The number of amides is 2. The van der Waals surface area contributed by atoms with Gasteiger partial charge in [-0.05, 0) is 44.6 Å². The van der Waals surface area contributed by atoms with Crippen LogP contribution in [0.4, 0.5) is 0 Å². The van der Waals surface area contributed by atoms with Crippen LogP contribution in [0.25, 0.3) is 0 Å². The Hall–Kier alpha value is -1.82. The van der Waals surface area contributed by atoms with Crippen molar-refractivity contribution in [2.75, 3.05) is 13.1 Å². The minimum Gasteiger partial charge on any atom is -0.459 e. The highest BCUT2D eigenvalue weighted by molar-refractivity contribution is 5.92. The molecule has 1 aromatic heterocycles. The fourth-order valence-corrected chi connectivity index (χ4v) is 3.83. The lowest BCUT2D eigenvalue weighted by molar-refractivity contribution is -0.122. The summed E-state index contributed by atoms with van der Waals surface area (Å²) in [5, 5.41) is 9.27. The van der Waals surface area contributed by atoms with Crippen molar-refractivity contribution in [2.45, 2.75) is 57.5 Å². The Morgan fingerprint density at radius 3 is 2.79 bits per heavy atom. The minimum absolute atomic E-state index is 0.0431. The number of nitrogens with one attached hydrogen (secondary N) is 3. The first kappa shape index (κ1) is 17.0. The highest BCUT2D eigenvalue weighted by atomic mass is 16.3. The summed E-state index contributed by atoms with van der Waals surface area (Å²) in [4.78, 5) is 24.1. The molecule has 6 heteroatoms. The molecule has 3 N–H and O–H groups in total. The van der Waals surface area contributed by atoms with Crippen LogP contribution in [0.3, 0.4) is 0 Å². The Morgan fingerprint density at radius 2 is 2.04 bits per heavy atom. The second-order valence-electron chi connectivity index (χ2n) is 6.94. The van der Waals surface area contributed by atoms with E-state index in [4.69, 9.17) is 4.42 Å². The standard InChI is InChI=1S/C18H27N3O3/c1-12-7-10-24-16(12)18(23)20-9-4-8-19-17(22)15-11-13-5-2-3-6-14(13)21-15/h7,10,13-15,21H,2-6,8-9,11H2,1H3,(H,19,22)(H,20,23). The molecule has 1 aliphatic heterocycles. The molecule has 1 aromatic rings. The number of carbonyl (C=O) groups excluding carboxylic acids is 2. The summed E-state index contributed by atoms with van der Waals surface area (Å²) in [6, 6.07) is 2.25. The highest BCUT2D eigenvalue weighted by Gasteiger charge is 2.37. The third-order valence-corrected chi connectivity index (χ3v) is 5.19. The van der Waals surface area contributed by atoms with Crippen molar-refractivity contribution in [3.05, 3.63) is 23.7 Å². The maximum Gasteiger partial charge on any atom is 0.287 e. The number of furan rings is 1. The second-order valence-corrected chi connectivity index (χ2v) is 6.94. The van der Waals surface area contributed by atoms with Crippen LogP contribution in [0.5, 0.6) is 0 Å². The molecular weight excluding hydrogens is 306 g/mol. The van der Waals surface area contributed by atoms with Crippen LogP contribution < -0.4 is 16.0 Å². The van der Waals surface area contributed by atoms with E-state index >= 15 is 0 Å². The maximum atomic E-state index is 12.2. The van der Waals surface area contributed by atoms with E-state index in [0.29, 0.717) is 37.2 Å². The SMILES string of the molecule is Cc1ccoc1C(=O)NCCCNC(=O)C1CC2CCCCC2N1. The zero-order valence-electron chi connectivity index (χ0n) is 14.3. The van der Waals surface area contributed by atoms with Gasteiger partial charge < -0.3 is 20.4 Å². The molecule has 0 bridgehead atoms.